The van der Waals surface area contributed by atoms with Crippen molar-refractivity contribution in [3.05, 3.63) is 47.3 Å². The smallest absolute Gasteiger partial charge is 0.130 e. The number of nitrogens with zero attached hydrogens (tertiary/aromatic N) is 2. The largest absolute Gasteiger partial charge is 0.487 e. The summed E-state index contributed by atoms with van der Waals surface area (Å²) in [5.74, 6) is 0.935. The van der Waals surface area contributed by atoms with Crippen molar-refractivity contribution in [2.45, 2.75) is 46.4 Å². The fourth-order valence-electron chi connectivity index (χ4n) is 2.14. The zero-order chi connectivity index (χ0) is 15.2. The second kappa shape index (κ2) is 7.27. The molecule has 114 valence electrons. The lowest BCUT2D eigenvalue weighted by atomic mass is 10.2. The minimum atomic E-state index is 0.460. The molecule has 1 aromatic heterocycles. The van der Waals surface area contributed by atoms with Crippen molar-refractivity contribution >= 4 is 0 Å². The Labute approximate surface area is 127 Å². The van der Waals surface area contributed by atoms with E-state index >= 15 is 0 Å². The van der Waals surface area contributed by atoms with Gasteiger partial charge in [0.05, 0.1) is 11.4 Å². The maximum Gasteiger partial charge on any atom is 0.130 e. The highest BCUT2D eigenvalue weighted by atomic mass is 16.5. The van der Waals surface area contributed by atoms with Crippen LogP contribution in [0.25, 0.3) is 0 Å². The van der Waals surface area contributed by atoms with Crippen LogP contribution >= 0.6 is 0 Å². The summed E-state index contributed by atoms with van der Waals surface area (Å²) < 4.78 is 7.89. The molecule has 21 heavy (non-hydrogen) atoms. The number of nitrogens with one attached hydrogen (secondary N) is 1. The molecule has 1 aromatic carbocycles. The Hall–Kier alpha value is -1.81. The Bertz CT molecular complexity index is 575. The van der Waals surface area contributed by atoms with Gasteiger partial charge in [0.1, 0.15) is 12.4 Å². The van der Waals surface area contributed by atoms with Crippen LogP contribution in [-0.2, 0) is 26.6 Å². The maximum absolute atomic E-state index is 5.99. The van der Waals surface area contributed by atoms with Crippen molar-refractivity contribution in [3.63, 3.8) is 0 Å². The lowest BCUT2D eigenvalue weighted by Crippen LogP contribution is -2.22. The molecule has 0 amide bonds. The molecule has 0 spiro atoms. The molecule has 0 saturated carbocycles. The number of rotatable bonds is 7. The van der Waals surface area contributed by atoms with Crippen molar-refractivity contribution in [1.82, 2.24) is 15.1 Å². The van der Waals surface area contributed by atoms with E-state index in [0.29, 0.717) is 12.6 Å². The Morgan fingerprint density at radius 2 is 2.05 bits per heavy atom. The molecule has 0 fully saturated rings. The number of ether oxygens (including phenoxy) is 1. The van der Waals surface area contributed by atoms with E-state index in [1.165, 1.54) is 5.56 Å². The summed E-state index contributed by atoms with van der Waals surface area (Å²) in [6.07, 6.45) is 0.947. The average Bonchev–Trinajstić information content (AvgIpc) is 2.84. The SMILES string of the molecule is CCc1cc(COc2ccccc2CNC(C)C)n(C)n1. The van der Waals surface area contributed by atoms with E-state index in [9.17, 15) is 0 Å². The molecule has 0 radical (unpaired) electrons. The Kier molecular flexibility index (Phi) is 5.39. The van der Waals surface area contributed by atoms with Gasteiger partial charge >= 0.3 is 0 Å². The summed E-state index contributed by atoms with van der Waals surface area (Å²) in [4.78, 5) is 0. The fourth-order valence-corrected chi connectivity index (χ4v) is 2.14. The molecule has 0 saturated heterocycles. The Morgan fingerprint density at radius 1 is 1.29 bits per heavy atom. The first kappa shape index (κ1) is 15.6. The number of aromatic nitrogens is 2. The van der Waals surface area contributed by atoms with Gasteiger partial charge in [0.25, 0.3) is 0 Å². The van der Waals surface area contributed by atoms with Crippen LogP contribution in [0.3, 0.4) is 0 Å². The molecule has 0 unspecified atom stereocenters. The van der Waals surface area contributed by atoms with Gasteiger partial charge in [-0.1, -0.05) is 39.0 Å². The number of para-hydroxylation sites is 1. The highest BCUT2D eigenvalue weighted by Gasteiger charge is 2.07. The molecule has 2 rings (SSSR count). The second-order valence-corrected chi connectivity index (χ2v) is 5.54. The van der Waals surface area contributed by atoms with Gasteiger partial charge in [-0.2, -0.15) is 5.10 Å². The summed E-state index contributed by atoms with van der Waals surface area (Å²) in [5, 5.41) is 7.88. The maximum atomic E-state index is 5.99. The lowest BCUT2D eigenvalue weighted by molar-refractivity contribution is 0.291. The molecule has 0 atom stereocenters. The van der Waals surface area contributed by atoms with Gasteiger partial charge < -0.3 is 10.1 Å². The molecular formula is C17H25N3O. The summed E-state index contributed by atoms with van der Waals surface area (Å²) in [6.45, 7) is 7.76. The number of hydrogen-bond donors (Lipinski definition) is 1. The van der Waals surface area contributed by atoms with Crippen molar-refractivity contribution in [2.24, 2.45) is 7.05 Å². The van der Waals surface area contributed by atoms with Crippen molar-refractivity contribution in [2.75, 3.05) is 0 Å². The summed E-state index contributed by atoms with van der Waals surface area (Å²) in [6, 6.07) is 10.7. The highest BCUT2D eigenvalue weighted by Crippen LogP contribution is 2.19. The van der Waals surface area contributed by atoms with Crippen LogP contribution in [0.15, 0.2) is 30.3 Å². The average molecular weight is 287 g/mol. The number of hydrogen-bond acceptors (Lipinski definition) is 3. The van der Waals surface area contributed by atoms with Gasteiger partial charge in [-0.15, -0.1) is 0 Å². The molecule has 0 aliphatic rings. The van der Waals surface area contributed by atoms with Gasteiger partial charge in [-0.05, 0) is 18.6 Å². The fraction of sp³-hybridized carbons (Fsp3) is 0.471. The zero-order valence-electron chi connectivity index (χ0n) is 13.4. The van der Waals surface area contributed by atoms with Gasteiger partial charge in [-0.25, -0.2) is 0 Å². The van der Waals surface area contributed by atoms with Crippen LogP contribution in [0.1, 0.15) is 37.7 Å². The Balaban J connectivity index is 2.03. The normalized spacial score (nSPS) is 11.1. The topological polar surface area (TPSA) is 39.1 Å². The van der Waals surface area contributed by atoms with E-state index < -0.39 is 0 Å². The quantitative estimate of drug-likeness (QED) is 0.850. The van der Waals surface area contributed by atoms with Crippen LogP contribution in [0, 0.1) is 0 Å². The summed E-state index contributed by atoms with van der Waals surface area (Å²) in [7, 11) is 1.96. The van der Waals surface area contributed by atoms with Gasteiger partial charge in [0, 0.05) is 25.2 Å². The first-order valence-electron chi connectivity index (χ1n) is 7.56. The molecule has 1 heterocycles. The monoisotopic (exact) mass is 287 g/mol. The molecule has 1 N–H and O–H groups in total. The molecule has 0 bridgehead atoms. The lowest BCUT2D eigenvalue weighted by Gasteiger charge is -2.13. The van der Waals surface area contributed by atoms with E-state index in [4.69, 9.17) is 4.74 Å². The van der Waals surface area contributed by atoms with E-state index in [1.54, 1.807) is 0 Å². The first-order chi connectivity index (χ1) is 10.1. The van der Waals surface area contributed by atoms with Gasteiger partial charge in [-0.3, -0.25) is 4.68 Å². The van der Waals surface area contributed by atoms with Crippen molar-refractivity contribution in [1.29, 1.82) is 0 Å². The molecular weight excluding hydrogens is 262 g/mol. The van der Waals surface area contributed by atoms with Crippen molar-refractivity contribution in [3.8, 4) is 5.75 Å². The van der Waals surface area contributed by atoms with E-state index in [0.717, 1.165) is 30.1 Å². The van der Waals surface area contributed by atoms with Crippen LogP contribution in [0.5, 0.6) is 5.75 Å². The second-order valence-electron chi connectivity index (χ2n) is 5.54. The van der Waals surface area contributed by atoms with Gasteiger partial charge in [0.15, 0.2) is 0 Å². The minimum Gasteiger partial charge on any atom is -0.487 e. The summed E-state index contributed by atoms with van der Waals surface area (Å²) in [5.41, 5.74) is 3.38. The van der Waals surface area contributed by atoms with Gasteiger partial charge in [0.2, 0.25) is 0 Å². The summed E-state index contributed by atoms with van der Waals surface area (Å²) >= 11 is 0. The molecule has 2 aromatic rings. The highest BCUT2D eigenvalue weighted by molar-refractivity contribution is 5.33. The number of aryl methyl sites for hydroxylation is 2. The minimum absolute atomic E-state index is 0.460. The zero-order valence-corrected chi connectivity index (χ0v) is 13.4. The van der Waals surface area contributed by atoms with E-state index in [-0.39, 0.29) is 0 Å². The van der Waals surface area contributed by atoms with E-state index in [1.807, 2.05) is 29.9 Å². The van der Waals surface area contributed by atoms with E-state index in [2.05, 4.69) is 43.3 Å². The van der Waals surface area contributed by atoms with Crippen LogP contribution < -0.4 is 10.1 Å². The predicted octanol–water partition coefficient (Wildman–Crippen LogP) is 3.06. The predicted molar refractivity (Wildman–Crippen MR) is 85.3 cm³/mol. The number of benzene rings is 1. The Morgan fingerprint density at radius 3 is 2.71 bits per heavy atom. The molecule has 4 heteroatoms. The van der Waals surface area contributed by atoms with Crippen LogP contribution in [0.4, 0.5) is 0 Å². The molecule has 4 nitrogen and oxygen atoms in total. The van der Waals surface area contributed by atoms with Crippen LogP contribution in [0.2, 0.25) is 0 Å². The third-order valence-corrected chi connectivity index (χ3v) is 3.44. The molecule has 0 aliphatic heterocycles. The van der Waals surface area contributed by atoms with Crippen molar-refractivity contribution < 1.29 is 4.74 Å². The van der Waals surface area contributed by atoms with Crippen LogP contribution in [-0.4, -0.2) is 15.8 Å². The standard InChI is InChI=1S/C17H25N3O/c1-5-15-10-16(20(4)19-15)12-21-17-9-7-6-8-14(17)11-18-13(2)3/h6-10,13,18H,5,11-12H2,1-4H3. The third kappa shape index (κ3) is 4.33. The third-order valence-electron chi connectivity index (χ3n) is 3.44. The molecule has 0 aliphatic carbocycles. The first-order valence-corrected chi connectivity index (χ1v) is 7.56.